The summed E-state index contributed by atoms with van der Waals surface area (Å²) < 4.78 is 4.85. The molecule has 1 saturated heterocycles. The number of esters is 1. The van der Waals surface area contributed by atoms with Gasteiger partial charge < -0.3 is 10.1 Å². The van der Waals surface area contributed by atoms with E-state index in [1.54, 1.807) is 6.07 Å². The molecule has 1 atom stereocenters. The molecule has 0 bridgehead atoms. The SMILES string of the molecule is COC(=O)C(c1ccccc1Cl)C1CNC1. The zero-order chi connectivity index (χ0) is 11.5. The van der Waals surface area contributed by atoms with Crippen LogP contribution in [0.1, 0.15) is 11.5 Å². The number of carbonyl (C=O) groups excluding carboxylic acids is 1. The third-order valence-electron chi connectivity index (χ3n) is 2.98. The molecule has 1 fully saturated rings. The van der Waals surface area contributed by atoms with Crippen molar-refractivity contribution >= 4 is 17.6 Å². The summed E-state index contributed by atoms with van der Waals surface area (Å²) in [6, 6.07) is 7.45. The standard InChI is InChI=1S/C12H14ClNO2/c1-16-12(15)11(8-6-14-7-8)9-4-2-3-5-10(9)13/h2-5,8,11,14H,6-7H2,1H3. The van der Waals surface area contributed by atoms with Gasteiger partial charge in [0.05, 0.1) is 13.0 Å². The molecule has 0 aromatic heterocycles. The van der Waals surface area contributed by atoms with Gasteiger partial charge in [-0.3, -0.25) is 4.79 Å². The molecule has 16 heavy (non-hydrogen) atoms. The number of hydrogen-bond acceptors (Lipinski definition) is 3. The number of nitrogens with one attached hydrogen (secondary N) is 1. The van der Waals surface area contributed by atoms with Gasteiger partial charge >= 0.3 is 5.97 Å². The molecule has 1 aromatic rings. The van der Waals surface area contributed by atoms with E-state index in [2.05, 4.69) is 5.32 Å². The summed E-state index contributed by atoms with van der Waals surface area (Å²) in [5.74, 6) is -0.174. The van der Waals surface area contributed by atoms with Crippen LogP contribution in [0.25, 0.3) is 0 Å². The van der Waals surface area contributed by atoms with E-state index < -0.39 is 0 Å². The minimum Gasteiger partial charge on any atom is -0.469 e. The van der Waals surface area contributed by atoms with Gasteiger partial charge in [0.2, 0.25) is 0 Å². The van der Waals surface area contributed by atoms with Crippen LogP contribution in [0.15, 0.2) is 24.3 Å². The maximum Gasteiger partial charge on any atom is 0.313 e. The van der Waals surface area contributed by atoms with Gasteiger partial charge in [0.15, 0.2) is 0 Å². The minimum absolute atomic E-state index is 0.209. The molecule has 0 aliphatic carbocycles. The molecule has 0 spiro atoms. The zero-order valence-electron chi connectivity index (χ0n) is 9.07. The first kappa shape index (κ1) is 11.4. The van der Waals surface area contributed by atoms with Crippen LogP contribution in [-0.4, -0.2) is 26.2 Å². The van der Waals surface area contributed by atoms with Crippen LogP contribution in [0, 0.1) is 5.92 Å². The Kier molecular flexibility index (Phi) is 3.46. The summed E-state index contributed by atoms with van der Waals surface area (Å²) in [5, 5.41) is 3.79. The molecular formula is C12H14ClNO2. The molecule has 4 heteroatoms. The number of methoxy groups -OCH3 is 1. The number of rotatable bonds is 3. The molecule has 1 heterocycles. The highest BCUT2D eigenvalue weighted by atomic mass is 35.5. The van der Waals surface area contributed by atoms with Crippen molar-refractivity contribution in [2.45, 2.75) is 5.92 Å². The average Bonchev–Trinajstić information content (AvgIpc) is 2.23. The first-order chi connectivity index (χ1) is 7.74. The number of carbonyl (C=O) groups is 1. The molecule has 1 unspecified atom stereocenters. The van der Waals surface area contributed by atoms with Crippen molar-refractivity contribution in [1.82, 2.24) is 5.32 Å². The van der Waals surface area contributed by atoms with Crippen LogP contribution in [0.3, 0.4) is 0 Å². The van der Waals surface area contributed by atoms with E-state index in [-0.39, 0.29) is 17.8 Å². The molecule has 0 amide bonds. The summed E-state index contributed by atoms with van der Waals surface area (Å²) in [5.41, 5.74) is 0.863. The fourth-order valence-electron chi connectivity index (χ4n) is 1.97. The zero-order valence-corrected chi connectivity index (χ0v) is 9.83. The topological polar surface area (TPSA) is 38.3 Å². The Labute approximate surface area is 99.7 Å². The van der Waals surface area contributed by atoms with Gasteiger partial charge in [-0.05, 0) is 11.6 Å². The van der Waals surface area contributed by atoms with Crippen molar-refractivity contribution in [2.75, 3.05) is 20.2 Å². The smallest absolute Gasteiger partial charge is 0.313 e. The summed E-state index contributed by atoms with van der Waals surface area (Å²) in [7, 11) is 1.41. The predicted octanol–water partition coefficient (Wildman–Crippen LogP) is 1.82. The summed E-state index contributed by atoms with van der Waals surface area (Å²) in [6.45, 7) is 1.68. The average molecular weight is 240 g/mol. The minimum atomic E-state index is -0.250. The Balaban J connectivity index is 2.31. The Morgan fingerprint density at radius 1 is 1.50 bits per heavy atom. The van der Waals surface area contributed by atoms with Gasteiger partial charge in [-0.25, -0.2) is 0 Å². The number of halogens is 1. The van der Waals surface area contributed by atoms with Crippen LogP contribution >= 0.6 is 11.6 Å². The Morgan fingerprint density at radius 2 is 2.19 bits per heavy atom. The van der Waals surface area contributed by atoms with Crippen molar-refractivity contribution in [3.63, 3.8) is 0 Å². The summed E-state index contributed by atoms with van der Waals surface area (Å²) >= 11 is 6.12. The van der Waals surface area contributed by atoms with E-state index in [1.165, 1.54) is 7.11 Å². The predicted molar refractivity (Wildman–Crippen MR) is 62.6 cm³/mol. The largest absolute Gasteiger partial charge is 0.469 e. The van der Waals surface area contributed by atoms with Crippen LogP contribution in [0.4, 0.5) is 0 Å². The van der Waals surface area contributed by atoms with E-state index in [0.29, 0.717) is 5.02 Å². The fourth-order valence-corrected chi connectivity index (χ4v) is 2.23. The van der Waals surface area contributed by atoms with Crippen LogP contribution in [-0.2, 0) is 9.53 Å². The monoisotopic (exact) mass is 239 g/mol. The highest BCUT2D eigenvalue weighted by Crippen LogP contribution is 2.33. The first-order valence-corrected chi connectivity index (χ1v) is 5.65. The van der Waals surface area contributed by atoms with Gasteiger partial charge in [-0.1, -0.05) is 29.8 Å². The molecule has 0 radical (unpaired) electrons. The van der Waals surface area contributed by atoms with Crippen LogP contribution < -0.4 is 5.32 Å². The molecule has 86 valence electrons. The van der Waals surface area contributed by atoms with Crippen molar-refractivity contribution < 1.29 is 9.53 Å². The van der Waals surface area contributed by atoms with Gasteiger partial charge in [0.25, 0.3) is 0 Å². The maximum atomic E-state index is 11.8. The van der Waals surface area contributed by atoms with Crippen molar-refractivity contribution in [1.29, 1.82) is 0 Å². The van der Waals surface area contributed by atoms with E-state index in [9.17, 15) is 4.79 Å². The van der Waals surface area contributed by atoms with E-state index in [0.717, 1.165) is 18.7 Å². The Bertz CT molecular complexity index is 390. The van der Waals surface area contributed by atoms with Crippen LogP contribution in [0.5, 0.6) is 0 Å². The lowest BCUT2D eigenvalue weighted by molar-refractivity contribution is -0.144. The van der Waals surface area contributed by atoms with Gasteiger partial charge in [-0.15, -0.1) is 0 Å². The van der Waals surface area contributed by atoms with Crippen molar-refractivity contribution in [2.24, 2.45) is 5.92 Å². The second-order valence-corrected chi connectivity index (χ2v) is 4.35. The molecule has 1 N–H and O–H groups in total. The van der Waals surface area contributed by atoms with E-state index in [4.69, 9.17) is 16.3 Å². The third-order valence-corrected chi connectivity index (χ3v) is 3.32. The Hall–Kier alpha value is -1.06. The number of ether oxygens (including phenoxy) is 1. The molecule has 1 aromatic carbocycles. The number of benzene rings is 1. The van der Waals surface area contributed by atoms with Gasteiger partial charge in [0, 0.05) is 24.0 Å². The number of hydrogen-bond donors (Lipinski definition) is 1. The second kappa shape index (κ2) is 4.85. The summed E-state index contributed by atoms with van der Waals surface area (Å²) in [6.07, 6.45) is 0. The molecule has 1 aliphatic heterocycles. The lowest BCUT2D eigenvalue weighted by atomic mass is 9.82. The third kappa shape index (κ3) is 2.06. The van der Waals surface area contributed by atoms with Gasteiger partial charge in [-0.2, -0.15) is 0 Å². The molecular weight excluding hydrogens is 226 g/mol. The Morgan fingerprint density at radius 3 is 2.69 bits per heavy atom. The molecule has 1 aliphatic rings. The maximum absolute atomic E-state index is 11.8. The van der Waals surface area contributed by atoms with E-state index >= 15 is 0 Å². The molecule has 0 saturated carbocycles. The quantitative estimate of drug-likeness (QED) is 0.818. The lowest BCUT2D eigenvalue weighted by Crippen LogP contribution is -2.47. The molecule has 3 nitrogen and oxygen atoms in total. The normalized spacial score (nSPS) is 17.6. The van der Waals surface area contributed by atoms with Crippen molar-refractivity contribution in [3.05, 3.63) is 34.9 Å². The first-order valence-electron chi connectivity index (χ1n) is 5.27. The lowest BCUT2D eigenvalue weighted by Gasteiger charge is -2.33. The van der Waals surface area contributed by atoms with Crippen molar-refractivity contribution in [3.8, 4) is 0 Å². The second-order valence-electron chi connectivity index (χ2n) is 3.94. The van der Waals surface area contributed by atoms with Crippen LogP contribution in [0.2, 0.25) is 5.02 Å². The summed E-state index contributed by atoms with van der Waals surface area (Å²) in [4.78, 5) is 11.8. The van der Waals surface area contributed by atoms with E-state index in [1.807, 2.05) is 18.2 Å². The highest BCUT2D eigenvalue weighted by Gasteiger charge is 2.35. The van der Waals surface area contributed by atoms with Gasteiger partial charge in [0.1, 0.15) is 0 Å². The molecule has 2 rings (SSSR count). The highest BCUT2D eigenvalue weighted by molar-refractivity contribution is 6.31. The fraction of sp³-hybridized carbons (Fsp3) is 0.417.